The molecule has 20 heavy (non-hydrogen) atoms. The van der Waals surface area contributed by atoms with Crippen molar-refractivity contribution in [3.8, 4) is 11.8 Å². The lowest BCUT2D eigenvalue weighted by Gasteiger charge is -2.10. The minimum absolute atomic E-state index is 0.221. The van der Waals surface area contributed by atoms with Crippen LogP contribution in [0, 0.1) is 11.3 Å². The molecular formula is C14H13NO5. The monoisotopic (exact) mass is 275 g/mol. The molecule has 0 aromatic heterocycles. The summed E-state index contributed by atoms with van der Waals surface area (Å²) in [7, 11) is 0. The maximum atomic E-state index is 11.0. The van der Waals surface area contributed by atoms with Crippen LogP contribution in [0.1, 0.15) is 18.4 Å². The van der Waals surface area contributed by atoms with E-state index in [1.807, 2.05) is 6.07 Å². The number of nitriles is 1. The van der Waals surface area contributed by atoms with Crippen molar-refractivity contribution in [2.24, 2.45) is 0 Å². The Labute approximate surface area is 115 Å². The van der Waals surface area contributed by atoms with Crippen molar-refractivity contribution in [1.29, 1.82) is 5.26 Å². The second kappa shape index (κ2) is 7.59. The van der Waals surface area contributed by atoms with E-state index in [0.717, 1.165) is 0 Å². The first kappa shape index (κ1) is 15.2. The largest absolute Gasteiger partial charge is 0.507 e. The minimum Gasteiger partial charge on any atom is -0.507 e. The topological polar surface area (TPSA) is 108 Å². The molecule has 2 N–H and O–H groups in total. The number of carboxylic acids is 1. The molecule has 0 heterocycles. The fraction of sp³-hybridized carbons (Fsp3) is 0.214. The number of para-hydroxylation sites is 1. The molecule has 0 aliphatic heterocycles. The van der Waals surface area contributed by atoms with Crippen LogP contribution in [0.2, 0.25) is 0 Å². The van der Waals surface area contributed by atoms with Crippen molar-refractivity contribution in [2.75, 3.05) is 6.61 Å². The number of aliphatic hydroxyl groups excluding tert-OH is 1. The van der Waals surface area contributed by atoms with Crippen LogP contribution in [0.5, 0.6) is 5.75 Å². The van der Waals surface area contributed by atoms with Crippen LogP contribution in [0.15, 0.2) is 30.3 Å². The van der Waals surface area contributed by atoms with Crippen molar-refractivity contribution in [1.82, 2.24) is 0 Å². The van der Waals surface area contributed by atoms with Crippen molar-refractivity contribution >= 4 is 17.5 Å². The highest BCUT2D eigenvalue weighted by Gasteiger charge is 2.13. The highest BCUT2D eigenvalue weighted by molar-refractivity contribution is 6.38. The van der Waals surface area contributed by atoms with E-state index in [-0.39, 0.29) is 12.2 Å². The fourth-order valence-corrected chi connectivity index (χ4v) is 1.40. The van der Waals surface area contributed by atoms with Gasteiger partial charge in [0.1, 0.15) is 11.5 Å². The van der Waals surface area contributed by atoms with Gasteiger partial charge in [0.2, 0.25) is 0 Å². The van der Waals surface area contributed by atoms with Gasteiger partial charge in [0.25, 0.3) is 5.78 Å². The van der Waals surface area contributed by atoms with E-state index in [2.05, 4.69) is 0 Å². The molecule has 0 atom stereocenters. The van der Waals surface area contributed by atoms with Crippen molar-refractivity contribution in [3.05, 3.63) is 35.9 Å². The summed E-state index contributed by atoms with van der Waals surface area (Å²) in [4.78, 5) is 21.5. The van der Waals surface area contributed by atoms with Gasteiger partial charge >= 0.3 is 5.97 Å². The third-order valence-corrected chi connectivity index (χ3v) is 2.33. The summed E-state index contributed by atoms with van der Waals surface area (Å²) >= 11 is 0. The number of benzene rings is 1. The summed E-state index contributed by atoms with van der Waals surface area (Å²) in [6, 6.07) is 8.35. The summed E-state index contributed by atoms with van der Waals surface area (Å²) < 4.78 is 5.39. The summed E-state index contributed by atoms with van der Waals surface area (Å²) in [6.07, 6.45) is 1.50. The predicted molar refractivity (Wildman–Crippen MR) is 70.0 cm³/mol. The average Bonchev–Trinajstić information content (AvgIpc) is 2.43. The molecule has 0 saturated carbocycles. The number of carboxylic acid groups (broad SMARTS) is 1. The highest BCUT2D eigenvalue weighted by atomic mass is 16.5. The van der Waals surface area contributed by atoms with Crippen molar-refractivity contribution < 1.29 is 24.5 Å². The van der Waals surface area contributed by atoms with Gasteiger partial charge in [0.05, 0.1) is 18.2 Å². The van der Waals surface area contributed by atoms with E-state index >= 15 is 0 Å². The molecule has 0 spiro atoms. The number of ether oxygens (including phenoxy) is 1. The Bertz CT molecular complexity index is 571. The molecule has 0 fully saturated rings. The van der Waals surface area contributed by atoms with Gasteiger partial charge in [0, 0.05) is 12.5 Å². The number of unbranched alkanes of at least 4 members (excludes halogenated alkanes) is 1. The molecule has 0 radical (unpaired) electrons. The zero-order valence-electron chi connectivity index (χ0n) is 10.6. The van der Waals surface area contributed by atoms with Crippen LogP contribution in [0.3, 0.4) is 0 Å². The third kappa shape index (κ3) is 4.46. The maximum absolute atomic E-state index is 11.0. The van der Waals surface area contributed by atoms with Crippen LogP contribution in [-0.4, -0.2) is 28.6 Å². The summed E-state index contributed by atoms with van der Waals surface area (Å²) in [5, 5.41) is 26.7. The molecule has 6 nitrogen and oxygen atoms in total. The maximum Gasteiger partial charge on any atom is 0.376 e. The van der Waals surface area contributed by atoms with Gasteiger partial charge < -0.3 is 14.9 Å². The van der Waals surface area contributed by atoms with Crippen LogP contribution in [-0.2, 0) is 9.59 Å². The van der Waals surface area contributed by atoms with Gasteiger partial charge in [-0.1, -0.05) is 12.1 Å². The van der Waals surface area contributed by atoms with E-state index in [1.165, 1.54) is 6.07 Å². The molecule has 1 aromatic rings. The molecule has 0 unspecified atom stereocenters. The number of hydrogen-bond acceptors (Lipinski definition) is 5. The third-order valence-electron chi connectivity index (χ3n) is 2.33. The SMILES string of the molecule is N#CCCCOc1ccccc1/C(O)=C/C(=O)C(=O)O. The number of aliphatic carboxylic acids is 1. The van der Waals surface area contributed by atoms with Crippen LogP contribution >= 0.6 is 0 Å². The Morgan fingerprint density at radius 3 is 2.65 bits per heavy atom. The van der Waals surface area contributed by atoms with Gasteiger partial charge in [-0.3, -0.25) is 4.79 Å². The molecule has 6 heteroatoms. The minimum atomic E-state index is -1.65. The quantitative estimate of drug-likeness (QED) is 0.340. The Kier molecular flexibility index (Phi) is 5.78. The second-order valence-corrected chi connectivity index (χ2v) is 3.81. The standard InChI is InChI=1S/C14H13NO5/c15-7-3-4-8-20-13-6-2-1-5-10(13)11(16)9-12(17)14(18)19/h1-2,5-6,9,16H,3-4,8H2,(H,18,19)/b11-9-. The normalized spacial score (nSPS) is 10.7. The van der Waals surface area contributed by atoms with Gasteiger partial charge in [-0.15, -0.1) is 0 Å². The lowest BCUT2D eigenvalue weighted by atomic mass is 10.1. The summed E-state index contributed by atoms with van der Waals surface area (Å²) in [5.41, 5.74) is 0.221. The number of nitrogens with zero attached hydrogens (tertiary/aromatic N) is 1. The molecule has 0 aliphatic rings. The first-order valence-corrected chi connectivity index (χ1v) is 5.83. The number of aliphatic hydroxyl groups is 1. The zero-order chi connectivity index (χ0) is 15.0. The first-order valence-electron chi connectivity index (χ1n) is 5.83. The Morgan fingerprint density at radius 1 is 1.30 bits per heavy atom. The highest BCUT2D eigenvalue weighted by Crippen LogP contribution is 2.24. The van der Waals surface area contributed by atoms with Crippen molar-refractivity contribution in [2.45, 2.75) is 12.8 Å². The van der Waals surface area contributed by atoms with Gasteiger partial charge in [-0.25, -0.2) is 4.79 Å². The van der Waals surface area contributed by atoms with Gasteiger partial charge in [-0.2, -0.15) is 5.26 Å². The van der Waals surface area contributed by atoms with E-state index in [0.29, 0.717) is 24.7 Å². The van der Waals surface area contributed by atoms with E-state index in [1.54, 1.807) is 18.2 Å². The zero-order valence-corrected chi connectivity index (χ0v) is 10.6. The molecule has 0 saturated heterocycles. The molecule has 0 amide bonds. The number of rotatable bonds is 7. The lowest BCUT2D eigenvalue weighted by molar-refractivity contribution is -0.146. The Morgan fingerprint density at radius 2 is 2.00 bits per heavy atom. The van der Waals surface area contributed by atoms with E-state index in [4.69, 9.17) is 15.1 Å². The summed E-state index contributed by atoms with van der Waals surface area (Å²) in [5.74, 6) is -3.03. The average molecular weight is 275 g/mol. The van der Waals surface area contributed by atoms with Crippen LogP contribution in [0.25, 0.3) is 5.76 Å². The Hall–Kier alpha value is -2.81. The molecular weight excluding hydrogens is 262 g/mol. The second-order valence-electron chi connectivity index (χ2n) is 3.81. The van der Waals surface area contributed by atoms with E-state index < -0.39 is 17.5 Å². The van der Waals surface area contributed by atoms with Crippen LogP contribution < -0.4 is 4.74 Å². The molecule has 1 aromatic carbocycles. The molecule has 104 valence electrons. The molecule has 0 bridgehead atoms. The number of ketones is 1. The fourth-order valence-electron chi connectivity index (χ4n) is 1.40. The summed E-state index contributed by atoms with van der Waals surface area (Å²) in [6.45, 7) is 0.282. The predicted octanol–water partition coefficient (Wildman–Crippen LogP) is 1.92. The smallest absolute Gasteiger partial charge is 0.376 e. The van der Waals surface area contributed by atoms with E-state index in [9.17, 15) is 14.7 Å². The van der Waals surface area contributed by atoms with Crippen LogP contribution in [0.4, 0.5) is 0 Å². The first-order chi connectivity index (χ1) is 9.56. The number of hydrogen-bond donors (Lipinski definition) is 2. The van der Waals surface area contributed by atoms with Gasteiger partial charge in [0.15, 0.2) is 0 Å². The number of carbonyl (C=O) groups excluding carboxylic acids is 1. The Balaban J connectivity index is 2.87. The van der Waals surface area contributed by atoms with Gasteiger partial charge in [-0.05, 0) is 18.6 Å². The molecule has 1 rings (SSSR count). The van der Waals surface area contributed by atoms with Crippen molar-refractivity contribution in [3.63, 3.8) is 0 Å². The number of carbonyl (C=O) groups is 2. The molecule has 0 aliphatic carbocycles. The lowest BCUT2D eigenvalue weighted by Crippen LogP contribution is -2.09.